The first kappa shape index (κ1) is 27.6. The Kier molecular flexibility index (Phi) is 7.83. The van der Waals surface area contributed by atoms with Gasteiger partial charge in [0.1, 0.15) is 30.3 Å². The largest absolute Gasteiger partial charge is 0.497 e. The molecule has 0 unspecified atom stereocenters. The molecule has 0 fully saturated rings. The Morgan fingerprint density at radius 3 is 1.93 bits per heavy atom. The van der Waals surface area contributed by atoms with Gasteiger partial charge in [-0.3, -0.25) is 4.79 Å². The van der Waals surface area contributed by atoms with Crippen LogP contribution in [0.4, 0.5) is 0 Å². The minimum absolute atomic E-state index is 0.136. The molecule has 0 amide bonds. The second kappa shape index (κ2) is 11.6. The normalized spacial score (nSPS) is 13.3. The van der Waals surface area contributed by atoms with Crippen molar-refractivity contribution in [3.63, 3.8) is 0 Å². The molecule has 1 aliphatic heterocycles. The summed E-state index contributed by atoms with van der Waals surface area (Å²) >= 11 is 0. The molecule has 1 heterocycles. The van der Waals surface area contributed by atoms with Gasteiger partial charge in [0.2, 0.25) is 11.5 Å². The van der Waals surface area contributed by atoms with E-state index in [0.717, 1.165) is 11.1 Å². The van der Waals surface area contributed by atoms with Crippen molar-refractivity contribution < 1.29 is 38.0 Å². The SMILES string of the molecule is COc1cc2c(c(-c3c(C=O)cc(OC)c(OCc4ccccc4)c3OCc3ccccc3)c1)C(=O)OC(C)(C)O2. The van der Waals surface area contributed by atoms with Gasteiger partial charge in [0.15, 0.2) is 17.8 Å². The molecule has 0 spiro atoms. The fraction of sp³-hybridized carbons (Fsp3) is 0.212. The quantitative estimate of drug-likeness (QED) is 0.159. The van der Waals surface area contributed by atoms with E-state index in [1.54, 1.807) is 32.0 Å². The van der Waals surface area contributed by atoms with Crippen LogP contribution < -0.4 is 23.7 Å². The van der Waals surface area contributed by atoms with E-state index in [1.807, 2.05) is 60.7 Å². The number of fused-ring (bicyclic) bond motifs is 1. The van der Waals surface area contributed by atoms with E-state index in [-0.39, 0.29) is 41.6 Å². The van der Waals surface area contributed by atoms with Crippen molar-refractivity contribution in [3.05, 3.63) is 101 Å². The summed E-state index contributed by atoms with van der Waals surface area (Å²) in [6, 6.07) is 24.0. The van der Waals surface area contributed by atoms with E-state index in [1.165, 1.54) is 14.2 Å². The number of methoxy groups -OCH3 is 2. The number of esters is 1. The number of hydrogen-bond acceptors (Lipinski definition) is 8. The van der Waals surface area contributed by atoms with Crippen molar-refractivity contribution in [3.8, 4) is 39.9 Å². The van der Waals surface area contributed by atoms with Crippen molar-refractivity contribution in [2.24, 2.45) is 0 Å². The zero-order chi connectivity index (χ0) is 29.0. The van der Waals surface area contributed by atoms with E-state index < -0.39 is 11.8 Å². The van der Waals surface area contributed by atoms with Gasteiger partial charge < -0.3 is 28.4 Å². The number of hydrogen-bond donors (Lipinski definition) is 0. The number of carbonyl (C=O) groups excluding carboxylic acids is 2. The highest BCUT2D eigenvalue weighted by Gasteiger charge is 2.38. The van der Waals surface area contributed by atoms with Gasteiger partial charge in [-0.2, -0.15) is 0 Å². The number of carbonyl (C=O) groups is 2. The van der Waals surface area contributed by atoms with Gasteiger partial charge in [-0.25, -0.2) is 4.79 Å². The molecule has 4 aromatic rings. The molecule has 210 valence electrons. The summed E-state index contributed by atoms with van der Waals surface area (Å²) in [5.74, 6) is -0.340. The number of rotatable bonds is 10. The lowest BCUT2D eigenvalue weighted by Crippen LogP contribution is -2.39. The van der Waals surface area contributed by atoms with Crippen LogP contribution in [0.5, 0.6) is 28.7 Å². The molecule has 0 atom stereocenters. The van der Waals surface area contributed by atoms with E-state index in [9.17, 15) is 9.59 Å². The molecule has 0 bridgehead atoms. The Hall–Kier alpha value is -4.98. The smallest absolute Gasteiger partial charge is 0.345 e. The summed E-state index contributed by atoms with van der Waals surface area (Å²) in [5.41, 5.74) is 2.80. The first-order valence-corrected chi connectivity index (χ1v) is 13.0. The van der Waals surface area contributed by atoms with Crippen molar-refractivity contribution in [2.75, 3.05) is 14.2 Å². The summed E-state index contributed by atoms with van der Waals surface area (Å²) in [7, 11) is 2.99. The zero-order valence-corrected chi connectivity index (χ0v) is 23.3. The third kappa shape index (κ3) is 5.82. The summed E-state index contributed by atoms with van der Waals surface area (Å²) in [6.07, 6.45) is 0.680. The molecule has 4 aromatic carbocycles. The fourth-order valence-electron chi connectivity index (χ4n) is 4.65. The molecule has 0 aliphatic carbocycles. The highest BCUT2D eigenvalue weighted by Crippen LogP contribution is 2.51. The molecular formula is C33H30O8. The first-order chi connectivity index (χ1) is 19.8. The maximum absolute atomic E-state index is 13.4. The van der Waals surface area contributed by atoms with Gasteiger partial charge in [0.25, 0.3) is 0 Å². The van der Waals surface area contributed by atoms with Gasteiger partial charge in [-0.1, -0.05) is 60.7 Å². The predicted octanol–water partition coefficient (Wildman–Crippen LogP) is 6.63. The summed E-state index contributed by atoms with van der Waals surface area (Å²) in [6.45, 7) is 3.64. The zero-order valence-electron chi connectivity index (χ0n) is 23.3. The average molecular weight is 555 g/mol. The van der Waals surface area contributed by atoms with Gasteiger partial charge in [-0.05, 0) is 23.3 Å². The Morgan fingerprint density at radius 2 is 1.37 bits per heavy atom. The minimum Gasteiger partial charge on any atom is -0.497 e. The van der Waals surface area contributed by atoms with Crippen LogP contribution >= 0.6 is 0 Å². The highest BCUT2D eigenvalue weighted by molar-refractivity contribution is 6.05. The van der Waals surface area contributed by atoms with Gasteiger partial charge >= 0.3 is 5.97 Å². The van der Waals surface area contributed by atoms with E-state index in [4.69, 9.17) is 28.4 Å². The molecule has 0 saturated carbocycles. The predicted molar refractivity (Wildman–Crippen MR) is 152 cm³/mol. The van der Waals surface area contributed by atoms with Gasteiger partial charge in [0.05, 0.1) is 14.2 Å². The van der Waals surface area contributed by atoms with Crippen LogP contribution in [0, 0.1) is 0 Å². The molecule has 1 aliphatic rings. The third-order valence-electron chi connectivity index (χ3n) is 6.51. The Bertz CT molecular complexity index is 1560. The van der Waals surface area contributed by atoms with Gasteiger partial charge in [-0.15, -0.1) is 0 Å². The van der Waals surface area contributed by atoms with Gasteiger partial charge in [0, 0.05) is 36.6 Å². The third-order valence-corrected chi connectivity index (χ3v) is 6.51. The number of ether oxygens (including phenoxy) is 6. The molecular weight excluding hydrogens is 524 g/mol. The highest BCUT2D eigenvalue weighted by atomic mass is 16.7. The van der Waals surface area contributed by atoms with Crippen molar-refractivity contribution in [1.29, 1.82) is 0 Å². The van der Waals surface area contributed by atoms with Crippen molar-refractivity contribution in [1.82, 2.24) is 0 Å². The van der Waals surface area contributed by atoms with Crippen LogP contribution in [-0.4, -0.2) is 32.3 Å². The standard InChI is InChI=1S/C33H30O8/c1-33(2)40-26-17-24(36-3)16-25(29(26)32(35)41-33)28-23(18-34)15-27(37-4)30(38-19-21-11-7-5-8-12-21)31(28)39-20-22-13-9-6-10-14-22/h5-18H,19-20H2,1-4H3. The average Bonchev–Trinajstić information content (AvgIpc) is 2.98. The lowest BCUT2D eigenvalue weighted by Gasteiger charge is -2.33. The number of benzene rings is 4. The number of aldehydes is 1. The molecule has 0 radical (unpaired) electrons. The van der Waals surface area contributed by atoms with E-state index in [2.05, 4.69) is 0 Å². The maximum atomic E-state index is 13.4. The summed E-state index contributed by atoms with van der Waals surface area (Å²) in [4.78, 5) is 25.9. The number of cyclic esters (lactones) is 1. The monoisotopic (exact) mass is 554 g/mol. The van der Waals surface area contributed by atoms with E-state index in [0.29, 0.717) is 28.9 Å². The van der Waals surface area contributed by atoms with Crippen LogP contribution in [-0.2, 0) is 18.0 Å². The molecule has 5 rings (SSSR count). The second-order valence-corrected chi connectivity index (χ2v) is 9.81. The fourth-order valence-corrected chi connectivity index (χ4v) is 4.65. The van der Waals surface area contributed by atoms with Crippen LogP contribution in [0.15, 0.2) is 78.9 Å². The molecule has 8 nitrogen and oxygen atoms in total. The Balaban J connectivity index is 1.75. The van der Waals surface area contributed by atoms with Crippen molar-refractivity contribution in [2.45, 2.75) is 32.8 Å². The lowest BCUT2D eigenvalue weighted by molar-refractivity contribution is -0.127. The first-order valence-electron chi connectivity index (χ1n) is 13.0. The second-order valence-electron chi connectivity index (χ2n) is 9.81. The van der Waals surface area contributed by atoms with Crippen LogP contribution in [0.1, 0.15) is 45.7 Å². The maximum Gasteiger partial charge on any atom is 0.345 e. The molecule has 41 heavy (non-hydrogen) atoms. The summed E-state index contributed by atoms with van der Waals surface area (Å²) in [5, 5.41) is 0. The summed E-state index contributed by atoms with van der Waals surface area (Å²) < 4.78 is 35.5. The topological polar surface area (TPSA) is 89.5 Å². The molecule has 0 saturated heterocycles. The molecule has 8 heteroatoms. The molecule has 0 N–H and O–H groups in total. The van der Waals surface area contributed by atoms with Crippen LogP contribution in [0.2, 0.25) is 0 Å². The van der Waals surface area contributed by atoms with Crippen molar-refractivity contribution >= 4 is 12.3 Å². The van der Waals surface area contributed by atoms with Crippen LogP contribution in [0.3, 0.4) is 0 Å². The minimum atomic E-state index is -1.20. The van der Waals surface area contributed by atoms with Crippen LogP contribution in [0.25, 0.3) is 11.1 Å². The Morgan fingerprint density at radius 1 is 0.756 bits per heavy atom. The lowest BCUT2D eigenvalue weighted by atomic mass is 9.92. The molecule has 0 aromatic heterocycles. The Labute approximate surface area is 238 Å². The van der Waals surface area contributed by atoms with E-state index >= 15 is 0 Å².